The molecule has 0 amide bonds. The summed E-state index contributed by atoms with van der Waals surface area (Å²) in [7, 11) is 1.68. The summed E-state index contributed by atoms with van der Waals surface area (Å²) in [4.78, 5) is 0. The van der Waals surface area contributed by atoms with Crippen molar-refractivity contribution in [3.05, 3.63) is 59.7 Å². The first-order valence-electron chi connectivity index (χ1n) is 9.01. The zero-order valence-electron chi connectivity index (χ0n) is 15.2. The first kappa shape index (κ1) is 20.6. The highest BCUT2D eigenvalue weighted by molar-refractivity contribution is 5.43. The molecule has 1 heterocycles. The summed E-state index contributed by atoms with van der Waals surface area (Å²) in [5.41, 5.74) is 2.46. The van der Waals surface area contributed by atoms with Crippen LogP contribution in [0.25, 0.3) is 0 Å². The molecule has 2 aromatic carbocycles. The molecule has 1 atom stereocenters. The van der Waals surface area contributed by atoms with Crippen molar-refractivity contribution >= 4 is 0 Å². The highest BCUT2D eigenvalue weighted by Gasteiger charge is 2.14. The van der Waals surface area contributed by atoms with Crippen LogP contribution in [-0.2, 0) is 17.7 Å². The van der Waals surface area contributed by atoms with Crippen LogP contribution in [0.15, 0.2) is 48.5 Å². The van der Waals surface area contributed by atoms with Gasteiger partial charge in [-0.05, 0) is 36.1 Å². The standard InChI is InChI=1S/C21H27NO3.ClH/c1-23-21-14-18(15-22-16-19-8-5-12-24-19)9-10-20(21)25-13-11-17-6-3-2-4-7-17;/h2-4,6-7,9-10,14,19,22H,5,8,11-13,15-16H2,1H3;1H/p-1. The van der Waals surface area contributed by atoms with E-state index in [1.54, 1.807) is 7.11 Å². The van der Waals surface area contributed by atoms with E-state index in [0.717, 1.165) is 44.0 Å². The van der Waals surface area contributed by atoms with Gasteiger partial charge in [-0.2, -0.15) is 0 Å². The lowest BCUT2D eigenvalue weighted by molar-refractivity contribution is -0.00000711. The maximum absolute atomic E-state index is 5.91. The SMILES string of the molecule is COc1cc(CNCC2CCCO2)ccc1OCCc1ccccc1.[Cl-]. The quantitative estimate of drug-likeness (QED) is 0.695. The minimum Gasteiger partial charge on any atom is -1.00 e. The Morgan fingerprint density at radius 2 is 1.92 bits per heavy atom. The van der Waals surface area contributed by atoms with E-state index in [-0.39, 0.29) is 12.4 Å². The minimum absolute atomic E-state index is 0. The Hall–Kier alpha value is -1.75. The van der Waals surface area contributed by atoms with Gasteiger partial charge in [-0.15, -0.1) is 0 Å². The van der Waals surface area contributed by atoms with Crippen molar-refractivity contribution < 1.29 is 26.6 Å². The van der Waals surface area contributed by atoms with Crippen molar-refractivity contribution in [2.24, 2.45) is 0 Å². The van der Waals surface area contributed by atoms with Crippen molar-refractivity contribution in [2.45, 2.75) is 31.9 Å². The summed E-state index contributed by atoms with van der Waals surface area (Å²) in [6.07, 6.45) is 3.58. The third kappa shape index (κ3) is 6.20. The molecule has 0 bridgehead atoms. The van der Waals surface area contributed by atoms with E-state index < -0.39 is 0 Å². The topological polar surface area (TPSA) is 39.7 Å². The van der Waals surface area contributed by atoms with Crippen LogP contribution in [0.3, 0.4) is 0 Å². The largest absolute Gasteiger partial charge is 1.00 e. The van der Waals surface area contributed by atoms with Crippen LogP contribution in [-0.4, -0.2) is 33.0 Å². The van der Waals surface area contributed by atoms with Gasteiger partial charge < -0.3 is 31.9 Å². The van der Waals surface area contributed by atoms with Gasteiger partial charge in [-0.25, -0.2) is 0 Å². The molecular weight excluding hydrogens is 350 g/mol. The molecule has 1 aliphatic rings. The zero-order valence-corrected chi connectivity index (χ0v) is 16.0. The first-order valence-corrected chi connectivity index (χ1v) is 9.01. The third-order valence-corrected chi connectivity index (χ3v) is 4.44. The monoisotopic (exact) mass is 376 g/mol. The molecule has 0 radical (unpaired) electrons. The lowest BCUT2D eigenvalue weighted by Gasteiger charge is -2.14. The van der Waals surface area contributed by atoms with Gasteiger partial charge in [-0.1, -0.05) is 36.4 Å². The van der Waals surface area contributed by atoms with E-state index in [2.05, 4.69) is 23.5 Å². The predicted octanol–water partition coefficient (Wildman–Crippen LogP) is 0.589. The fourth-order valence-corrected chi connectivity index (χ4v) is 3.05. The van der Waals surface area contributed by atoms with Crippen LogP contribution in [0.1, 0.15) is 24.0 Å². The number of halogens is 1. The second-order valence-electron chi connectivity index (χ2n) is 6.34. The van der Waals surface area contributed by atoms with Crippen molar-refractivity contribution in [3.63, 3.8) is 0 Å². The molecule has 4 nitrogen and oxygen atoms in total. The molecule has 1 aliphatic heterocycles. The van der Waals surface area contributed by atoms with Crippen LogP contribution in [0, 0.1) is 0 Å². The molecule has 26 heavy (non-hydrogen) atoms. The van der Waals surface area contributed by atoms with E-state index in [4.69, 9.17) is 14.2 Å². The summed E-state index contributed by atoms with van der Waals surface area (Å²) >= 11 is 0. The molecular formula is C21H27ClNO3-. The van der Waals surface area contributed by atoms with Crippen molar-refractivity contribution in [3.8, 4) is 11.5 Å². The van der Waals surface area contributed by atoms with E-state index in [9.17, 15) is 0 Å². The van der Waals surface area contributed by atoms with Gasteiger partial charge in [0.15, 0.2) is 11.5 Å². The number of hydrogen-bond donors (Lipinski definition) is 1. The summed E-state index contributed by atoms with van der Waals surface area (Å²) in [6, 6.07) is 16.5. The second kappa shape index (κ2) is 11.1. The third-order valence-electron chi connectivity index (χ3n) is 4.44. The van der Waals surface area contributed by atoms with E-state index in [0.29, 0.717) is 12.7 Å². The predicted molar refractivity (Wildman–Crippen MR) is 99.3 cm³/mol. The van der Waals surface area contributed by atoms with E-state index in [1.165, 1.54) is 17.5 Å². The number of rotatable bonds is 9. The van der Waals surface area contributed by atoms with Crippen LogP contribution in [0.5, 0.6) is 11.5 Å². The van der Waals surface area contributed by atoms with Gasteiger partial charge in [0.25, 0.3) is 0 Å². The molecule has 1 N–H and O–H groups in total. The number of nitrogens with one attached hydrogen (secondary N) is 1. The zero-order chi connectivity index (χ0) is 17.3. The Balaban J connectivity index is 0.00000243. The Morgan fingerprint density at radius 3 is 2.65 bits per heavy atom. The van der Waals surface area contributed by atoms with Gasteiger partial charge in [0.05, 0.1) is 19.8 Å². The van der Waals surface area contributed by atoms with Crippen LogP contribution < -0.4 is 27.2 Å². The van der Waals surface area contributed by atoms with Gasteiger partial charge in [-0.3, -0.25) is 0 Å². The van der Waals surface area contributed by atoms with Crippen molar-refractivity contribution in [1.29, 1.82) is 0 Å². The summed E-state index contributed by atoms with van der Waals surface area (Å²) in [5, 5.41) is 3.46. The molecule has 1 saturated heterocycles. The van der Waals surface area contributed by atoms with E-state index >= 15 is 0 Å². The first-order chi connectivity index (χ1) is 12.3. The summed E-state index contributed by atoms with van der Waals surface area (Å²) < 4.78 is 17.0. The second-order valence-corrected chi connectivity index (χ2v) is 6.34. The summed E-state index contributed by atoms with van der Waals surface area (Å²) in [5.74, 6) is 1.57. The van der Waals surface area contributed by atoms with Gasteiger partial charge in [0.1, 0.15) is 0 Å². The van der Waals surface area contributed by atoms with Crippen LogP contribution in [0.2, 0.25) is 0 Å². The Labute approximate surface area is 162 Å². The van der Waals surface area contributed by atoms with Crippen molar-refractivity contribution in [1.82, 2.24) is 5.32 Å². The average molecular weight is 377 g/mol. The maximum Gasteiger partial charge on any atom is 0.161 e. The number of methoxy groups -OCH3 is 1. The molecule has 2 aromatic rings. The average Bonchev–Trinajstić information content (AvgIpc) is 3.17. The molecule has 3 rings (SSSR count). The molecule has 0 aliphatic carbocycles. The highest BCUT2D eigenvalue weighted by atomic mass is 35.5. The Kier molecular flexibility index (Phi) is 8.75. The van der Waals surface area contributed by atoms with Crippen LogP contribution in [0.4, 0.5) is 0 Å². The number of hydrogen-bond acceptors (Lipinski definition) is 4. The fourth-order valence-electron chi connectivity index (χ4n) is 3.05. The van der Waals surface area contributed by atoms with Crippen molar-refractivity contribution in [2.75, 3.05) is 26.9 Å². The Morgan fingerprint density at radius 1 is 1.08 bits per heavy atom. The van der Waals surface area contributed by atoms with Gasteiger partial charge >= 0.3 is 0 Å². The lowest BCUT2D eigenvalue weighted by Crippen LogP contribution is -3.00. The normalized spacial score (nSPS) is 16.1. The molecule has 0 spiro atoms. The molecule has 0 saturated carbocycles. The molecule has 1 unspecified atom stereocenters. The number of ether oxygens (including phenoxy) is 3. The highest BCUT2D eigenvalue weighted by Crippen LogP contribution is 2.28. The van der Waals surface area contributed by atoms with Crippen LogP contribution >= 0.6 is 0 Å². The molecule has 0 aromatic heterocycles. The summed E-state index contributed by atoms with van der Waals surface area (Å²) in [6.45, 7) is 3.24. The van der Waals surface area contributed by atoms with Gasteiger partial charge in [0, 0.05) is 26.1 Å². The minimum atomic E-state index is 0. The fraction of sp³-hybridized carbons (Fsp3) is 0.429. The molecule has 1 fully saturated rings. The van der Waals surface area contributed by atoms with E-state index in [1.807, 2.05) is 30.3 Å². The number of benzene rings is 2. The molecule has 142 valence electrons. The Bertz CT molecular complexity index is 645. The molecule has 5 heteroatoms. The van der Waals surface area contributed by atoms with Gasteiger partial charge in [0.2, 0.25) is 0 Å². The lowest BCUT2D eigenvalue weighted by atomic mass is 10.1. The maximum atomic E-state index is 5.91. The smallest absolute Gasteiger partial charge is 0.161 e.